The van der Waals surface area contributed by atoms with Crippen LogP contribution in [0.25, 0.3) is 0 Å². The minimum atomic E-state index is -1.12. The van der Waals surface area contributed by atoms with E-state index in [9.17, 15) is 19.5 Å². The van der Waals surface area contributed by atoms with E-state index in [0.29, 0.717) is 28.6 Å². The molecule has 0 saturated heterocycles. The Balaban J connectivity index is 1.29. The molecule has 0 aliphatic carbocycles. The van der Waals surface area contributed by atoms with Crippen LogP contribution >= 0.6 is 0 Å². The van der Waals surface area contributed by atoms with Crippen LogP contribution in [0.3, 0.4) is 0 Å². The summed E-state index contributed by atoms with van der Waals surface area (Å²) in [5, 5.41) is 14.5. The highest BCUT2D eigenvalue weighted by Gasteiger charge is 2.12. The minimum Gasteiger partial charge on any atom is -0.489 e. The molecule has 1 heterocycles. The number of benzene rings is 3. The van der Waals surface area contributed by atoms with Crippen molar-refractivity contribution in [1.82, 2.24) is 4.98 Å². The van der Waals surface area contributed by atoms with Crippen LogP contribution in [-0.4, -0.2) is 35.2 Å². The molecule has 0 radical (unpaired) electrons. The molecule has 10 nitrogen and oxygen atoms in total. The Kier molecular flexibility index (Phi) is 8.71. The van der Waals surface area contributed by atoms with E-state index in [4.69, 9.17) is 9.47 Å². The number of carboxylic acid groups (broad SMARTS) is 1. The van der Waals surface area contributed by atoms with Gasteiger partial charge in [-0.1, -0.05) is 36.4 Å². The van der Waals surface area contributed by atoms with Crippen molar-refractivity contribution in [3.63, 3.8) is 0 Å². The highest BCUT2D eigenvalue weighted by Crippen LogP contribution is 2.24. The molecule has 0 aliphatic rings. The van der Waals surface area contributed by atoms with Gasteiger partial charge in [0.25, 0.3) is 0 Å². The van der Waals surface area contributed by atoms with E-state index in [1.807, 2.05) is 12.1 Å². The molecular weight excluding hydrogens is 502 g/mol. The van der Waals surface area contributed by atoms with Gasteiger partial charge >= 0.3 is 12.1 Å². The zero-order chi connectivity index (χ0) is 27.6. The van der Waals surface area contributed by atoms with Gasteiger partial charge in [-0.15, -0.1) is 0 Å². The fourth-order valence-electron chi connectivity index (χ4n) is 3.55. The van der Waals surface area contributed by atoms with Gasteiger partial charge in [-0.3, -0.25) is 10.1 Å². The van der Waals surface area contributed by atoms with Gasteiger partial charge in [-0.05, 0) is 48.0 Å². The van der Waals surface area contributed by atoms with Crippen molar-refractivity contribution in [2.24, 2.45) is 0 Å². The number of aromatic carboxylic acids is 1. The van der Waals surface area contributed by atoms with E-state index in [1.54, 1.807) is 60.7 Å². The first-order chi connectivity index (χ1) is 18.9. The largest absolute Gasteiger partial charge is 0.489 e. The molecule has 0 aliphatic heterocycles. The average molecular weight is 528 g/mol. The molecule has 0 spiro atoms. The monoisotopic (exact) mass is 527 g/mol. The fourth-order valence-corrected chi connectivity index (χ4v) is 3.55. The average Bonchev–Trinajstić information content (AvgIpc) is 2.94. The van der Waals surface area contributed by atoms with Gasteiger partial charge in [0.15, 0.2) is 0 Å². The molecule has 10 heteroatoms. The number of hydrogen-bond acceptors (Lipinski definition) is 7. The lowest BCUT2D eigenvalue weighted by Gasteiger charge is -2.12. The van der Waals surface area contributed by atoms with Crippen LogP contribution in [0.4, 0.5) is 16.2 Å². The van der Waals surface area contributed by atoms with Gasteiger partial charge < -0.3 is 24.6 Å². The SMILES string of the molecule is COC(=O)Nc1ccccc1COc1ccc(Oc2ccc(CC(=O)Nc3ccccc3C(=O)O)cn2)cc1. The summed E-state index contributed by atoms with van der Waals surface area (Å²) < 4.78 is 16.3. The van der Waals surface area contributed by atoms with E-state index in [1.165, 1.54) is 25.4 Å². The van der Waals surface area contributed by atoms with Crippen molar-refractivity contribution in [2.75, 3.05) is 17.7 Å². The Morgan fingerprint density at radius 3 is 2.21 bits per heavy atom. The molecule has 4 rings (SSSR count). The molecule has 0 saturated carbocycles. The molecule has 0 unspecified atom stereocenters. The van der Waals surface area contributed by atoms with Gasteiger partial charge in [0.1, 0.15) is 18.1 Å². The smallest absolute Gasteiger partial charge is 0.411 e. The maximum atomic E-state index is 12.4. The second-order valence-electron chi connectivity index (χ2n) is 8.22. The highest BCUT2D eigenvalue weighted by molar-refractivity contribution is 6.01. The van der Waals surface area contributed by atoms with Crippen LogP contribution in [-0.2, 0) is 22.6 Å². The molecule has 3 aromatic carbocycles. The first kappa shape index (κ1) is 26.7. The van der Waals surface area contributed by atoms with Gasteiger partial charge in [0, 0.05) is 17.8 Å². The van der Waals surface area contributed by atoms with E-state index in [2.05, 4.69) is 20.4 Å². The Morgan fingerprint density at radius 1 is 0.821 bits per heavy atom. The van der Waals surface area contributed by atoms with Gasteiger partial charge in [-0.2, -0.15) is 0 Å². The summed E-state index contributed by atoms with van der Waals surface area (Å²) in [4.78, 5) is 39.5. The lowest BCUT2D eigenvalue weighted by molar-refractivity contribution is -0.115. The number of anilines is 2. The minimum absolute atomic E-state index is 0.0181. The van der Waals surface area contributed by atoms with Crippen LogP contribution in [0.1, 0.15) is 21.5 Å². The topological polar surface area (TPSA) is 136 Å². The predicted molar refractivity (Wildman–Crippen MR) is 143 cm³/mol. The highest BCUT2D eigenvalue weighted by atomic mass is 16.5. The van der Waals surface area contributed by atoms with Gasteiger partial charge in [-0.25, -0.2) is 14.6 Å². The third-order valence-corrected chi connectivity index (χ3v) is 5.47. The Hall–Kier alpha value is -5.38. The lowest BCUT2D eigenvalue weighted by Crippen LogP contribution is -2.16. The predicted octanol–water partition coefficient (Wildman–Crippen LogP) is 5.51. The van der Waals surface area contributed by atoms with Crippen molar-refractivity contribution in [3.05, 3.63) is 108 Å². The number of amides is 2. The maximum absolute atomic E-state index is 12.4. The summed E-state index contributed by atoms with van der Waals surface area (Å²) >= 11 is 0. The number of nitrogens with zero attached hydrogens (tertiary/aromatic N) is 1. The second-order valence-corrected chi connectivity index (χ2v) is 8.22. The molecule has 0 atom stereocenters. The Labute approximate surface area is 224 Å². The van der Waals surface area contributed by atoms with Crippen molar-refractivity contribution in [2.45, 2.75) is 13.0 Å². The second kappa shape index (κ2) is 12.7. The quantitative estimate of drug-likeness (QED) is 0.246. The molecule has 2 amide bonds. The summed E-state index contributed by atoms with van der Waals surface area (Å²) in [5.74, 6) is 0.00430. The lowest BCUT2D eigenvalue weighted by atomic mass is 10.1. The molecule has 198 valence electrons. The zero-order valence-electron chi connectivity index (χ0n) is 20.9. The van der Waals surface area contributed by atoms with Gasteiger partial charge in [0.05, 0.1) is 30.5 Å². The van der Waals surface area contributed by atoms with Crippen LogP contribution in [0.2, 0.25) is 0 Å². The summed E-state index contributed by atoms with van der Waals surface area (Å²) in [6.07, 6.45) is 0.983. The van der Waals surface area contributed by atoms with Crippen LogP contribution in [0.5, 0.6) is 17.4 Å². The summed E-state index contributed by atoms with van der Waals surface area (Å²) in [7, 11) is 1.30. The number of rotatable bonds is 10. The van der Waals surface area contributed by atoms with Crippen molar-refractivity contribution >= 4 is 29.3 Å². The Morgan fingerprint density at radius 2 is 1.51 bits per heavy atom. The van der Waals surface area contributed by atoms with Crippen molar-refractivity contribution in [3.8, 4) is 17.4 Å². The first-order valence-corrected chi connectivity index (χ1v) is 11.8. The molecule has 39 heavy (non-hydrogen) atoms. The molecular formula is C29H25N3O7. The van der Waals surface area contributed by atoms with Crippen molar-refractivity contribution < 1.29 is 33.7 Å². The summed E-state index contributed by atoms with van der Waals surface area (Å²) in [5.41, 5.74) is 2.27. The third kappa shape index (κ3) is 7.56. The third-order valence-electron chi connectivity index (χ3n) is 5.47. The number of nitrogens with one attached hydrogen (secondary N) is 2. The standard InChI is InChI=1S/C29H25N3O7/c1-37-29(36)32-24-8-4-2-6-20(24)18-38-21-11-13-22(14-12-21)39-27-15-10-19(17-30-27)16-26(33)31-25-9-5-3-7-23(25)28(34)35/h2-15,17H,16,18H2,1H3,(H,31,33)(H,32,36)(H,34,35). The van der Waals surface area contributed by atoms with Gasteiger partial charge in [0.2, 0.25) is 11.8 Å². The fraction of sp³-hybridized carbons (Fsp3) is 0.103. The summed E-state index contributed by atoms with van der Waals surface area (Å²) in [6, 6.07) is 23.8. The van der Waals surface area contributed by atoms with Crippen LogP contribution < -0.4 is 20.1 Å². The number of aromatic nitrogens is 1. The van der Waals surface area contributed by atoms with Crippen LogP contribution in [0, 0.1) is 0 Å². The zero-order valence-corrected chi connectivity index (χ0v) is 20.9. The summed E-state index contributed by atoms with van der Waals surface area (Å²) in [6.45, 7) is 0.235. The maximum Gasteiger partial charge on any atom is 0.411 e. The van der Waals surface area contributed by atoms with E-state index in [0.717, 1.165) is 5.56 Å². The van der Waals surface area contributed by atoms with E-state index in [-0.39, 0.29) is 30.2 Å². The molecule has 0 bridgehead atoms. The first-order valence-electron chi connectivity index (χ1n) is 11.8. The number of carbonyl (C=O) groups excluding carboxylic acids is 2. The van der Waals surface area contributed by atoms with Crippen molar-refractivity contribution in [1.29, 1.82) is 0 Å². The number of para-hydroxylation sites is 2. The van der Waals surface area contributed by atoms with E-state index >= 15 is 0 Å². The molecule has 3 N–H and O–H groups in total. The molecule has 4 aromatic rings. The number of hydrogen-bond donors (Lipinski definition) is 3. The Bertz CT molecular complexity index is 1450. The number of pyridine rings is 1. The molecule has 1 aromatic heterocycles. The van der Waals surface area contributed by atoms with Crippen LogP contribution in [0.15, 0.2) is 91.1 Å². The number of carboxylic acids is 1. The normalized spacial score (nSPS) is 10.3. The van der Waals surface area contributed by atoms with E-state index < -0.39 is 12.1 Å². The number of carbonyl (C=O) groups is 3. The number of ether oxygens (including phenoxy) is 3. The molecule has 0 fully saturated rings. The number of methoxy groups -OCH3 is 1.